The SMILES string of the molecule is CC(C)c1ccc(CC(C)(N)N2CCN(C)CC2)cc1. The van der Waals surface area contributed by atoms with Gasteiger partial charge in [0.2, 0.25) is 0 Å². The Balaban J connectivity index is 2.00. The zero-order valence-corrected chi connectivity index (χ0v) is 13.4. The third-order valence-electron chi connectivity index (χ3n) is 4.43. The van der Waals surface area contributed by atoms with E-state index in [-0.39, 0.29) is 5.66 Å². The summed E-state index contributed by atoms with van der Waals surface area (Å²) in [6, 6.07) is 8.94. The Kier molecular flexibility index (Phi) is 4.84. The van der Waals surface area contributed by atoms with Crippen LogP contribution >= 0.6 is 0 Å². The first kappa shape index (κ1) is 15.5. The van der Waals surface area contributed by atoms with Crippen molar-refractivity contribution in [1.29, 1.82) is 0 Å². The lowest BCUT2D eigenvalue weighted by Crippen LogP contribution is -2.60. The van der Waals surface area contributed by atoms with Gasteiger partial charge in [-0.2, -0.15) is 0 Å². The first-order valence-corrected chi connectivity index (χ1v) is 7.70. The van der Waals surface area contributed by atoms with E-state index in [0.717, 1.165) is 32.6 Å². The predicted molar refractivity (Wildman–Crippen MR) is 85.9 cm³/mol. The van der Waals surface area contributed by atoms with E-state index < -0.39 is 0 Å². The zero-order valence-electron chi connectivity index (χ0n) is 13.4. The fraction of sp³-hybridized carbons (Fsp3) is 0.647. The molecule has 0 bridgehead atoms. The predicted octanol–water partition coefficient (Wildman–Crippen LogP) is 2.27. The van der Waals surface area contributed by atoms with Crippen LogP contribution in [0.5, 0.6) is 0 Å². The Morgan fingerprint density at radius 3 is 2.15 bits per heavy atom. The third-order valence-corrected chi connectivity index (χ3v) is 4.43. The minimum atomic E-state index is -0.249. The van der Waals surface area contributed by atoms with Crippen LogP contribution in [0, 0.1) is 0 Å². The van der Waals surface area contributed by atoms with E-state index in [9.17, 15) is 0 Å². The zero-order chi connectivity index (χ0) is 14.8. The molecule has 2 N–H and O–H groups in total. The lowest BCUT2D eigenvalue weighted by Gasteiger charge is -2.43. The summed E-state index contributed by atoms with van der Waals surface area (Å²) >= 11 is 0. The number of rotatable bonds is 4. The van der Waals surface area contributed by atoms with E-state index in [2.05, 4.69) is 61.9 Å². The normalized spacial score (nSPS) is 21.1. The summed E-state index contributed by atoms with van der Waals surface area (Å²) < 4.78 is 0. The smallest absolute Gasteiger partial charge is 0.0700 e. The van der Waals surface area contributed by atoms with Gasteiger partial charge in [0.15, 0.2) is 0 Å². The molecule has 1 aliphatic rings. The van der Waals surface area contributed by atoms with Crippen molar-refractivity contribution in [2.24, 2.45) is 5.73 Å². The summed E-state index contributed by atoms with van der Waals surface area (Å²) in [5.41, 5.74) is 9.05. The minimum absolute atomic E-state index is 0.249. The van der Waals surface area contributed by atoms with Crippen molar-refractivity contribution in [1.82, 2.24) is 9.80 Å². The molecule has 1 unspecified atom stereocenters. The molecule has 0 spiro atoms. The van der Waals surface area contributed by atoms with Crippen LogP contribution < -0.4 is 5.73 Å². The number of likely N-dealkylation sites (N-methyl/N-ethyl adjacent to an activating group) is 1. The lowest BCUT2D eigenvalue weighted by molar-refractivity contribution is 0.0546. The molecule has 1 aromatic rings. The third kappa shape index (κ3) is 3.81. The van der Waals surface area contributed by atoms with Crippen molar-refractivity contribution >= 4 is 0 Å². The minimum Gasteiger partial charge on any atom is -0.313 e. The Bertz CT molecular complexity index is 414. The van der Waals surface area contributed by atoms with Crippen LogP contribution in [0.25, 0.3) is 0 Å². The second-order valence-electron chi connectivity index (χ2n) is 6.72. The molecule has 0 aromatic heterocycles. The average Bonchev–Trinajstić information content (AvgIpc) is 2.39. The van der Waals surface area contributed by atoms with Gasteiger partial charge < -0.3 is 10.6 Å². The number of piperazine rings is 1. The van der Waals surface area contributed by atoms with Gasteiger partial charge >= 0.3 is 0 Å². The molecule has 0 saturated carbocycles. The molecule has 1 aliphatic heterocycles. The monoisotopic (exact) mass is 275 g/mol. The van der Waals surface area contributed by atoms with Crippen molar-refractivity contribution in [2.75, 3.05) is 33.2 Å². The summed E-state index contributed by atoms with van der Waals surface area (Å²) in [6.45, 7) is 11.0. The van der Waals surface area contributed by atoms with Crippen LogP contribution in [-0.2, 0) is 6.42 Å². The van der Waals surface area contributed by atoms with Crippen LogP contribution in [0.15, 0.2) is 24.3 Å². The van der Waals surface area contributed by atoms with Crippen molar-refractivity contribution in [2.45, 2.75) is 38.8 Å². The van der Waals surface area contributed by atoms with Crippen LogP contribution in [-0.4, -0.2) is 48.7 Å². The summed E-state index contributed by atoms with van der Waals surface area (Å²) in [4.78, 5) is 4.79. The molecule has 0 aliphatic carbocycles. The van der Waals surface area contributed by atoms with Crippen LogP contribution in [0.4, 0.5) is 0 Å². The standard InChI is InChI=1S/C17H29N3/c1-14(2)16-7-5-15(6-8-16)13-17(3,18)20-11-9-19(4)10-12-20/h5-8,14H,9-13,18H2,1-4H3. The number of benzene rings is 1. The maximum atomic E-state index is 6.57. The summed E-state index contributed by atoms with van der Waals surface area (Å²) in [5, 5.41) is 0. The van der Waals surface area contributed by atoms with Crippen molar-refractivity contribution in [3.8, 4) is 0 Å². The van der Waals surface area contributed by atoms with Crippen LogP contribution in [0.3, 0.4) is 0 Å². The molecule has 0 radical (unpaired) electrons. The van der Waals surface area contributed by atoms with Crippen LogP contribution in [0.1, 0.15) is 37.8 Å². The Morgan fingerprint density at radius 2 is 1.65 bits per heavy atom. The van der Waals surface area contributed by atoms with Gasteiger partial charge in [-0.1, -0.05) is 38.1 Å². The summed E-state index contributed by atoms with van der Waals surface area (Å²) in [6.07, 6.45) is 0.912. The van der Waals surface area contributed by atoms with E-state index in [1.807, 2.05) is 0 Å². The van der Waals surface area contributed by atoms with E-state index in [1.54, 1.807) is 0 Å². The first-order chi connectivity index (χ1) is 9.38. The molecule has 1 atom stereocenters. The van der Waals surface area contributed by atoms with Gasteiger partial charge in [-0.25, -0.2) is 0 Å². The molecule has 0 amide bonds. The van der Waals surface area contributed by atoms with E-state index >= 15 is 0 Å². The molecule has 20 heavy (non-hydrogen) atoms. The Morgan fingerprint density at radius 1 is 1.10 bits per heavy atom. The van der Waals surface area contributed by atoms with Gasteiger partial charge in [0.1, 0.15) is 0 Å². The first-order valence-electron chi connectivity index (χ1n) is 7.70. The van der Waals surface area contributed by atoms with Gasteiger partial charge in [-0.3, -0.25) is 4.90 Å². The molecule has 2 rings (SSSR count). The van der Waals surface area contributed by atoms with Crippen molar-refractivity contribution in [3.63, 3.8) is 0 Å². The van der Waals surface area contributed by atoms with E-state index in [1.165, 1.54) is 11.1 Å². The van der Waals surface area contributed by atoms with Crippen molar-refractivity contribution < 1.29 is 0 Å². The maximum Gasteiger partial charge on any atom is 0.0700 e. The number of nitrogens with zero attached hydrogens (tertiary/aromatic N) is 2. The maximum absolute atomic E-state index is 6.57. The topological polar surface area (TPSA) is 32.5 Å². The van der Waals surface area contributed by atoms with Gasteiger partial charge in [-0.05, 0) is 31.0 Å². The molecular formula is C17H29N3. The quantitative estimate of drug-likeness (QED) is 0.915. The molecular weight excluding hydrogens is 246 g/mol. The highest BCUT2D eigenvalue weighted by molar-refractivity contribution is 5.25. The Labute approximate surface area is 123 Å². The summed E-state index contributed by atoms with van der Waals surface area (Å²) in [7, 11) is 2.18. The second kappa shape index (κ2) is 6.25. The van der Waals surface area contributed by atoms with E-state index in [0.29, 0.717) is 5.92 Å². The lowest BCUT2D eigenvalue weighted by atomic mass is 9.96. The Hall–Kier alpha value is -0.900. The van der Waals surface area contributed by atoms with Gasteiger partial charge in [0.25, 0.3) is 0 Å². The highest BCUT2D eigenvalue weighted by Crippen LogP contribution is 2.20. The number of nitrogens with two attached hydrogens (primary N) is 1. The van der Waals surface area contributed by atoms with Gasteiger partial charge in [0, 0.05) is 32.6 Å². The fourth-order valence-corrected chi connectivity index (χ4v) is 2.86. The number of hydrogen-bond donors (Lipinski definition) is 1. The van der Waals surface area contributed by atoms with Crippen LogP contribution in [0.2, 0.25) is 0 Å². The highest BCUT2D eigenvalue weighted by Gasteiger charge is 2.29. The molecule has 112 valence electrons. The van der Waals surface area contributed by atoms with Gasteiger partial charge in [0.05, 0.1) is 5.66 Å². The number of hydrogen-bond acceptors (Lipinski definition) is 3. The second-order valence-corrected chi connectivity index (χ2v) is 6.72. The largest absolute Gasteiger partial charge is 0.313 e. The van der Waals surface area contributed by atoms with Crippen molar-refractivity contribution in [3.05, 3.63) is 35.4 Å². The molecule has 1 aromatic carbocycles. The molecule has 1 saturated heterocycles. The molecule has 3 heteroatoms. The molecule has 1 fully saturated rings. The fourth-order valence-electron chi connectivity index (χ4n) is 2.86. The molecule has 3 nitrogen and oxygen atoms in total. The van der Waals surface area contributed by atoms with E-state index in [4.69, 9.17) is 5.73 Å². The summed E-state index contributed by atoms with van der Waals surface area (Å²) in [5.74, 6) is 0.589. The highest BCUT2D eigenvalue weighted by atomic mass is 15.3. The van der Waals surface area contributed by atoms with Gasteiger partial charge in [-0.15, -0.1) is 0 Å². The molecule has 1 heterocycles. The average molecular weight is 275 g/mol.